The highest BCUT2D eigenvalue weighted by atomic mass is 16.5. The second-order valence-corrected chi connectivity index (χ2v) is 3.61. The van der Waals surface area contributed by atoms with E-state index in [-0.39, 0.29) is 12.7 Å². The molecule has 0 bridgehead atoms. The summed E-state index contributed by atoms with van der Waals surface area (Å²) < 4.78 is 5.76. The van der Waals surface area contributed by atoms with Gasteiger partial charge in [0.1, 0.15) is 5.75 Å². The highest BCUT2D eigenvalue weighted by Crippen LogP contribution is 2.18. The maximum Gasteiger partial charge on any atom is 0.135 e. The van der Waals surface area contributed by atoms with Gasteiger partial charge in [0.2, 0.25) is 0 Å². The molecule has 2 nitrogen and oxygen atoms in total. The van der Waals surface area contributed by atoms with Gasteiger partial charge in [-0.25, -0.2) is 0 Å². The molecule has 16 heavy (non-hydrogen) atoms. The zero-order chi connectivity index (χ0) is 11.8. The van der Waals surface area contributed by atoms with Gasteiger partial charge in [0.25, 0.3) is 0 Å². The zero-order valence-electron chi connectivity index (χ0n) is 9.86. The fourth-order valence-corrected chi connectivity index (χ4v) is 1.19. The van der Waals surface area contributed by atoms with Crippen molar-refractivity contribution in [3.05, 3.63) is 29.8 Å². The number of aliphatic hydroxyl groups excluding tert-OH is 1. The van der Waals surface area contributed by atoms with Crippen molar-refractivity contribution in [1.82, 2.24) is 0 Å². The molecule has 0 saturated carbocycles. The van der Waals surface area contributed by atoms with Crippen LogP contribution in [-0.2, 0) is 0 Å². The first kappa shape index (κ1) is 12.6. The Morgan fingerprint density at radius 3 is 2.81 bits per heavy atom. The van der Waals surface area contributed by atoms with Gasteiger partial charge in [-0.15, -0.1) is 0 Å². The van der Waals surface area contributed by atoms with Gasteiger partial charge in [-0.1, -0.05) is 30.9 Å². The molecule has 0 saturated heterocycles. The number of rotatable bonds is 4. The van der Waals surface area contributed by atoms with E-state index in [9.17, 15) is 0 Å². The van der Waals surface area contributed by atoms with Crippen LogP contribution in [-0.4, -0.2) is 17.8 Å². The Bertz CT molecular complexity index is 374. The van der Waals surface area contributed by atoms with Gasteiger partial charge in [0, 0.05) is 6.42 Å². The van der Waals surface area contributed by atoms with E-state index in [1.165, 1.54) is 0 Å². The molecule has 0 heterocycles. The molecule has 1 unspecified atom stereocenters. The Morgan fingerprint density at radius 1 is 1.38 bits per heavy atom. The van der Waals surface area contributed by atoms with Crippen molar-refractivity contribution in [2.75, 3.05) is 6.61 Å². The summed E-state index contributed by atoms with van der Waals surface area (Å²) in [5.41, 5.74) is 0.885. The number of ether oxygens (including phenoxy) is 1. The molecule has 1 aromatic carbocycles. The largest absolute Gasteiger partial charge is 0.489 e. The van der Waals surface area contributed by atoms with E-state index in [1.807, 2.05) is 31.2 Å². The van der Waals surface area contributed by atoms with E-state index in [1.54, 1.807) is 0 Å². The van der Waals surface area contributed by atoms with Crippen LogP contribution in [0.4, 0.5) is 0 Å². The molecule has 1 rings (SSSR count). The lowest BCUT2D eigenvalue weighted by Crippen LogP contribution is -2.10. The molecule has 2 heteroatoms. The van der Waals surface area contributed by atoms with Crippen LogP contribution in [0, 0.1) is 11.8 Å². The summed E-state index contributed by atoms with van der Waals surface area (Å²) >= 11 is 0. The van der Waals surface area contributed by atoms with Crippen LogP contribution in [0.3, 0.4) is 0 Å². The van der Waals surface area contributed by atoms with E-state index < -0.39 is 0 Å². The first-order chi connectivity index (χ1) is 7.77. The summed E-state index contributed by atoms with van der Waals surface area (Å²) in [6, 6.07) is 7.73. The first-order valence-corrected chi connectivity index (χ1v) is 5.63. The molecule has 0 aliphatic rings. The minimum Gasteiger partial charge on any atom is -0.489 e. The van der Waals surface area contributed by atoms with Gasteiger partial charge in [-0.3, -0.25) is 0 Å². The lowest BCUT2D eigenvalue weighted by Gasteiger charge is -2.13. The molecule has 0 aromatic heterocycles. The number of aliphatic hydroxyl groups is 1. The first-order valence-electron chi connectivity index (χ1n) is 5.63. The molecule has 86 valence electrons. The Labute approximate surface area is 97.3 Å². The molecule has 1 atom stereocenters. The van der Waals surface area contributed by atoms with Crippen LogP contribution in [0.5, 0.6) is 5.75 Å². The van der Waals surface area contributed by atoms with Crippen molar-refractivity contribution in [3.8, 4) is 17.6 Å². The van der Waals surface area contributed by atoms with Crippen molar-refractivity contribution in [3.63, 3.8) is 0 Å². The maximum atomic E-state index is 8.66. The standard InChI is InChI=1S/C14H18O2/c1-3-12(2)16-14-10-5-4-8-13(14)9-6-7-11-15/h4-5,8,10,12,15H,3,7,11H2,1-2H3. The average molecular weight is 218 g/mol. The lowest BCUT2D eigenvalue weighted by molar-refractivity contribution is 0.217. The third kappa shape index (κ3) is 3.96. The summed E-state index contributed by atoms with van der Waals surface area (Å²) in [6.07, 6.45) is 1.66. The molecule has 0 aliphatic carbocycles. The molecule has 0 radical (unpaired) electrons. The molecule has 0 amide bonds. The summed E-state index contributed by atoms with van der Waals surface area (Å²) in [5, 5.41) is 8.66. The van der Waals surface area contributed by atoms with Crippen LogP contribution < -0.4 is 4.74 Å². The molecule has 1 aromatic rings. The highest BCUT2D eigenvalue weighted by molar-refractivity contribution is 5.45. The topological polar surface area (TPSA) is 29.5 Å². The van der Waals surface area contributed by atoms with Gasteiger partial charge >= 0.3 is 0 Å². The SMILES string of the molecule is CCC(C)Oc1ccccc1C#CCCO. The van der Waals surface area contributed by atoms with Gasteiger partial charge in [-0.05, 0) is 25.5 Å². The fraction of sp³-hybridized carbons (Fsp3) is 0.429. The maximum absolute atomic E-state index is 8.66. The quantitative estimate of drug-likeness (QED) is 0.787. The Hall–Kier alpha value is -1.46. The summed E-state index contributed by atoms with van der Waals surface area (Å²) in [7, 11) is 0. The number of para-hydroxylation sites is 1. The van der Waals surface area contributed by atoms with Crippen LogP contribution in [0.25, 0.3) is 0 Å². The Balaban J connectivity index is 2.80. The van der Waals surface area contributed by atoms with Crippen molar-refractivity contribution < 1.29 is 9.84 Å². The fourth-order valence-electron chi connectivity index (χ4n) is 1.19. The number of hydrogen-bond acceptors (Lipinski definition) is 2. The zero-order valence-corrected chi connectivity index (χ0v) is 9.86. The molecule has 0 spiro atoms. The lowest BCUT2D eigenvalue weighted by atomic mass is 10.2. The Morgan fingerprint density at radius 2 is 2.12 bits per heavy atom. The summed E-state index contributed by atoms with van der Waals surface area (Å²) in [4.78, 5) is 0. The van der Waals surface area contributed by atoms with Crippen molar-refractivity contribution in [2.24, 2.45) is 0 Å². The normalized spacial score (nSPS) is 11.4. The minimum atomic E-state index is 0.0986. The molecular formula is C14H18O2. The highest BCUT2D eigenvalue weighted by Gasteiger charge is 2.04. The average Bonchev–Trinajstić information content (AvgIpc) is 2.31. The summed E-state index contributed by atoms with van der Waals surface area (Å²) in [6.45, 7) is 4.23. The van der Waals surface area contributed by atoms with Gasteiger partial charge < -0.3 is 9.84 Å². The van der Waals surface area contributed by atoms with Crippen molar-refractivity contribution in [2.45, 2.75) is 32.8 Å². The van der Waals surface area contributed by atoms with E-state index in [4.69, 9.17) is 9.84 Å². The molecular weight excluding hydrogens is 200 g/mol. The van der Waals surface area contributed by atoms with E-state index in [2.05, 4.69) is 18.8 Å². The van der Waals surface area contributed by atoms with Gasteiger partial charge in [-0.2, -0.15) is 0 Å². The third-order valence-corrected chi connectivity index (χ3v) is 2.25. The predicted molar refractivity (Wildman–Crippen MR) is 65.4 cm³/mol. The number of hydrogen-bond donors (Lipinski definition) is 1. The predicted octanol–water partition coefficient (Wildman–Crippen LogP) is 2.60. The van der Waals surface area contributed by atoms with Gasteiger partial charge in [0.15, 0.2) is 0 Å². The van der Waals surface area contributed by atoms with E-state index in [0.717, 1.165) is 17.7 Å². The van der Waals surface area contributed by atoms with E-state index >= 15 is 0 Å². The molecule has 1 N–H and O–H groups in total. The van der Waals surface area contributed by atoms with Gasteiger partial charge in [0.05, 0.1) is 18.3 Å². The van der Waals surface area contributed by atoms with Crippen LogP contribution in [0.15, 0.2) is 24.3 Å². The minimum absolute atomic E-state index is 0.0986. The molecule has 0 aliphatic heterocycles. The van der Waals surface area contributed by atoms with E-state index in [0.29, 0.717) is 6.42 Å². The van der Waals surface area contributed by atoms with Crippen molar-refractivity contribution >= 4 is 0 Å². The smallest absolute Gasteiger partial charge is 0.135 e. The second-order valence-electron chi connectivity index (χ2n) is 3.61. The second kappa shape index (κ2) is 6.92. The van der Waals surface area contributed by atoms with Crippen LogP contribution in [0.2, 0.25) is 0 Å². The molecule has 0 fully saturated rings. The monoisotopic (exact) mass is 218 g/mol. The number of benzene rings is 1. The summed E-state index contributed by atoms with van der Waals surface area (Å²) in [5.74, 6) is 6.73. The third-order valence-electron chi connectivity index (χ3n) is 2.25. The van der Waals surface area contributed by atoms with Crippen LogP contribution in [0.1, 0.15) is 32.3 Å². The van der Waals surface area contributed by atoms with Crippen LogP contribution >= 0.6 is 0 Å². The Kier molecular flexibility index (Phi) is 5.45. The van der Waals surface area contributed by atoms with Crippen molar-refractivity contribution in [1.29, 1.82) is 0 Å².